The first-order valence-electron chi connectivity index (χ1n) is 12.9. The summed E-state index contributed by atoms with van der Waals surface area (Å²) in [6, 6.07) is 15.4. The lowest BCUT2D eigenvalue weighted by molar-refractivity contribution is -0.137. The van der Waals surface area contributed by atoms with Crippen molar-refractivity contribution in [2.45, 2.75) is 55.2 Å². The van der Waals surface area contributed by atoms with Crippen LogP contribution < -0.4 is 15.4 Å². The highest BCUT2D eigenvalue weighted by molar-refractivity contribution is 7.91. The fourth-order valence-corrected chi connectivity index (χ4v) is 7.58. The van der Waals surface area contributed by atoms with E-state index in [0.717, 1.165) is 33.9 Å². The number of sulfonamides is 1. The molecule has 0 saturated carbocycles. The van der Waals surface area contributed by atoms with Crippen molar-refractivity contribution in [3.8, 4) is 5.75 Å². The Morgan fingerprint density at radius 1 is 1.10 bits per heavy atom. The molecule has 2 N–H and O–H groups in total. The molecule has 1 aliphatic heterocycles. The van der Waals surface area contributed by atoms with Crippen molar-refractivity contribution >= 4 is 27.3 Å². The van der Waals surface area contributed by atoms with E-state index in [9.17, 15) is 26.4 Å². The Bertz CT molecular complexity index is 1400. The van der Waals surface area contributed by atoms with Crippen LogP contribution in [0.5, 0.6) is 5.75 Å². The van der Waals surface area contributed by atoms with Crippen LogP contribution in [0.1, 0.15) is 46.1 Å². The quantitative estimate of drug-likeness (QED) is 0.342. The van der Waals surface area contributed by atoms with Crippen LogP contribution in [0, 0.1) is 0 Å². The van der Waals surface area contributed by atoms with Crippen molar-refractivity contribution < 1.29 is 31.1 Å². The Morgan fingerprint density at radius 3 is 2.45 bits per heavy atom. The second kappa shape index (κ2) is 12.7. The fraction of sp³-hybridized carbons (Fsp3) is 0.393. The van der Waals surface area contributed by atoms with E-state index in [-0.39, 0.29) is 28.7 Å². The van der Waals surface area contributed by atoms with Gasteiger partial charge in [0.2, 0.25) is 0 Å². The molecule has 0 radical (unpaired) electrons. The third-order valence-corrected chi connectivity index (χ3v) is 10.2. The van der Waals surface area contributed by atoms with E-state index in [1.165, 1.54) is 23.5 Å². The van der Waals surface area contributed by atoms with E-state index in [0.29, 0.717) is 43.7 Å². The molecule has 1 unspecified atom stereocenters. The number of hydrogen-bond acceptors (Lipinski definition) is 6. The second-order valence-electron chi connectivity index (χ2n) is 9.78. The zero-order valence-electron chi connectivity index (χ0n) is 22.2. The third-order valence-electron chi connectivity index (χ3n) is 6.78. The highest BCUT2D eigenvalue weighted by atomic mass is 32.2. The summed E-state index contributed by atoms with van der Waals surface area (Å²) in [6.07, 6.45) is -2.52. The van der Waals surface area contributed by atoms with Gasteiger partial charge in [0.05, 0.1) is 19.2 Å². The number of ether oxygens (including phenoxy) is 1. The van der Waals surface area contributed by atoms with Gasteiger partial charge in [-0.3, -0.25) is 4.79 Å². The van der Waals surface area contributed by atoms with Gasteiger partial charge in [0.25, 0.3) is 15.9 Å². The minimum Gasteiger partial charge on any atom is -0.497 e. The molecule has 3 aromatic rings. The normalized spacial score (nSPS) is 16.0. The Morgan fingerprint density at radius 2 is 1.80 bits per heavy atom. The summed E-state index contributed by atoms with van der Waals surface area (Å²) >= 11 is 1.14. The van der Waals surface area contributed by atoms with E-state index in [1.807, 2.05) is 6.92 Å². The lowest BCUT2D eigenvalue weighted by Gasteiger charge is -2.33. The molecule has 1 amide bonds. The second-order valence-corrected chi connectivity index (χ2v) is 13.1. The van der Waals surface area contributed by atoms with Gasteiger partial charge in [-0.2, -0.15) is 17.5 Å². The van der Waals surface area contributed by atoms with Crippen LogP contribution in [-0.4, -0.2) is 50.9 Å². The molecular weight excluding hydrogens is 563 g/mol. The van der Waals surface area contributed by atoms with Crippen molar-refractivity contribution in [1.82, 2.24) is 14.9 Å². The number of halogens is 3. The van der Waals surface area contributed by atoms with Crippen LogP contribution in [0.3, 0.4) is 0 Å². The number of benzene rings is 2. The van der Waals surface area contributed by atoms with Gasteiger partial charge in [-0.05, 0) is 74.2 Å². The maximum absolute atomic E-state index is 13.2. The molecule has 216 valence electrons. The lowest BCUT2D eigenvalue weighted by Crippen LogP contribution is -2.47. The summed E-state index contributed by atoms with van der Waals surface area (Å²) in [5, 5.41) is 6.30. The minimum atomic E-state index is -4.35. The van der Waals surface area contributed by atoms with Gasteiger partial charge in [0, 0.05) is 35.6 Å². The molecule has 2 heterocycles. The molecule has 1 aliphatic rings. The summed E-state index contributed by atoms with van der Waals surface area (Å²) in [5.74, 6) is 0.295. The van der Waals surface area contributed by atoms with Crippen LogP contribution in [0.25, 0.3) is 0 Å². The van der Waals surface area contributed by atoms with E-state index < -0.39 is 21.8 Å². The van der Waals surface area contributed by atoms with Crippen LogP contribution in [0.2, 0.25) is 0 Å². The topological polar surface area (TPSA) is 87.7 Å². The van der Waals surface area contributed by atoms with Gasteiger partial charge >= 0.3 is 6.18 Å². The van der Waals surface area contributed by atoms with Crippen LogP contribution in [0.4, 0.5) is 13.2 Å². The average Bonchev–Trinajstić information content (AvgIpc) is 3.42. The molecule has 1 fully saturated rings. The molecule has 7 nitrogen and oxygen atoms in total. The highest BCUT2D eigenvalue weighted by Gasteiger charge is 2.32. The number of hydrogen-bond donors (Lipinski definition) is 2. The van der Waals surface area contributed by atoms with Gasteiger partial charge in [0.1, 0.15) is 9.96 Å². The van der Waals surface area contributed by atoms with E-state index in [2.05, 4.69) is 10.6 Å². The number of carbonyl (C=O) groups excluding carboxylic acids is 1. The zero-order chi connectivity index (χ0) is 28.9. The molecule has 40 heavy (non-hydrogen) atoms. The number of carbonyl (C=O) groups is 1. The smallest absolute Gasteiger partial charge is 0.416 e. The summed E-state index contributed by atoms with van der Waals surface area (Å²) in [5.41, 5.74) is 0.594. The van der Waals surface area contributed by atoms with Crippen molar-refractivity contribution in [3.05, 3.63) is 82.2 Å². The number of thiophene rings is 1. The van der Waals surface area contributed by atoms with Crippen LogP contribution in [0.15, 0.2) is 64.9 Å². The predicted molar refractivity (Wildman–Crippen MR) is 148 cm³/mol. The molecule has 0 spiro atoms. The van der Waals surface area contributed by atoms with Crippen molar-refractivity contribution in [3.63, 3.8) is 0 Å². The predicted octanol–water partition coefficient (Wildman–Crippen LogP) is 5.08. The first-order chi connectivity index (χ1) is 19.0. The molecule has 4 rings (SSSR count). The molecule has 2 aromatic carbocycles. The molecule has 1 atom stereocenters. The number of methoxy groups -OCH3 is 1. The SMILES string of the molecule is COc1cccc(C(=O)NCc2ccc(S(=O)(=O)N3CCC(NC(C)Cc4ccc(C(F)(F)F)cc4)CC3)s2)c1. The zero-order valence-corrected chi connectivity index (χ0v) is 23.8. The summed E-state index contributed by atoms with van der Waals surface area (Å²) < 4.78 is 71.7. The number of amides is 1. The largest absolute Gasteiger partial charge is 0.497 e. The van der Waals surface area contributed by atoms with Gasteiger partial charge in [0.15, 0.2) is 0 Å². The standard InChI is InChI=1S/C28H32F3N3O4S2/c1-19(16-20-6-8-22(9-7-20)28(29,30)31)33-23-12-14-34(15-13-23)40(36,37)26-11-10-25(39-26)18-32-27(35)21-4-3-5-24(17-21)38-2/h3-11,17,19,23,33H,12-16,18H2,1-2H3,(H,32,35). The number of alkyl halides is 3. The summed E-state index contributed by atoms with van der Waals surface area (Å²) in [4.78, 5) is 13.2. The molecule has 0 aliphatic carbocycles. The van der Waals surface area contributed by atoms with E-state index in [4.69, 9.17) is 4.74 Å². The Hall–Kier alpha value is -2.93. The summed E-state index contributed by atoms with van der Waals surface area (Å²) in [7, 11) is -2.13. The van der Waals surface area contributed by atoms with Gasteiger partial charge in [-0.15, -0.1) is 11.3 Å². The highest BCUT2D eigenvalue weighted by Crippen LogP contribution is 2.30. The molecule has 0 bridgehead atoms. The number of nitrogens with one attached hydrogen (secondary N) is 2. The van der Waals surface area contributed by atoms with Crippen molar-refractivity contribution in [2.75, 3.05) is 20.2 Å². The Labute approximate surface area is 236 Å². The monoisotopic (exact) mass is 595 g/mol. The average molecular weight is 596 g/mol. The number of piperidine rings is 1. The first-order valence-corrected chi connectivity index (χ1v) is 15.1. The van der Waals surface area contributed by atoms with E-state index in [1.54, 1.807) is 36.4 Å². The maximum atomic E-state index is 13.2. The summed E-state index contributed by atoms with van der Waals surface area (Å²) in [6.45, 7) is 2.92. The molecule has 1 saturated heterocycles. The van der Waals surface area contributed by atoms with Crippen molar-refractivity contribution in [1.29, 1.82) is 0 Å². The van der Waals surface area contributed by atoms with Gasteiger partial charge in [-0.25, -0.2) is 8.42 Å². The molecule has 1 aromatic heterocycles. The lowest BCUT2D eigenvalue weighted by atomic mass is 10.0. The maximum Gasteiger partial charge on any atom is 0.416 e. The molecule has 12 heteroatoms. The van der Waals surface area contributed by atoms with Crippen LogP contribution in [-0.2, 0) is 29.2 Å². The van der Waals surface area contributed by atoms with Crippen LogP contribution >= 0.6 is 11.3 Å². The van der Waals surface area contributed by atoms with Gasteiger partial charge < -0.3 is 15.4 Å². The third kappa shape index (κ3) is 7.62. The first kappa shape index (κ1) is 30.0. The Balaban J connectivity index is 1.25. The minimum absolute atomic E-state index is 0.0249. The van der Waals surface area contributed by atoms with E-state index >= 15 is 0 Å². The van der Waals surface area contributed by atoms with Gasteiger partial charge in [-0.1, -0.05) is 18.2 Å². The van der Waals surface area contributed by atoms with Crippen molar-refractivity contribution in [2.24, 2.45) is 0 Å². The fourth-order valence-electron chi connectivity index (χ4n) is 4.66. The number of rotatable bonds is 10. The Kier molecular flexibility index (Phi) is 9.55. The number of nitrogens with zero attached hydrogens (tertiary/aromatic N) is 1. The molecular formula is C28H32F3N3O4S2.